The van der Waals surface area contributed by atoms with Gasteiger partial charge in [-0.1, -0.05) is 30.3 Å². The van der Waals surface area contributed by atoms with Crippen LogP contribution in [0.15, 0.2) is 30.3 Å². The van der Waals surface area contributed by atoms with Crippen molar-refractivity contribution in [2.24, 2.45) is 0 Å². The van der Waals surface area contributed by atoms with Crippen LogP contribution in [0.2, 0.25) is 0 Å². The van der Waals surface area contributed by atoms with Gasteiger partial charge in [-0.15, -0.1) is 0 Å². The molecule has 1 rings (SSSR count). The molecular weight excluding hydrogens is 202 g/mol. The summed E-state index contributed by atoms with van der Waals surface area (Å²) in [6, 6.07) is 10.1. The molecule has 3 heteroatoms. The first kappa shape index (κ1) is 12.7. The van der Waals surface area contributed by atoms with Gasteiger partial charge in [0.15, 0.2) is 0 Å². The molecule has 0 fully saturated rings. The highest BCUT2D eigenvalue weighted by molar-refractivity contribution is 5.75. The Balaban J connectivity index is 2.09. The molecule has 1 aromatic carbocycles. The monoisotopic (exact) mass is 221 g/mol. The van der Waals surface area contributed by atoms with Crippen LogP contribution >= 0.6 is 0 Å². The largest absolute Gasteiger partial charge is 0.396 e. The Labute approximate surface area is 96.5 Å². The van der Waals surface area contributed by atoms with E-state index in [2.05, 4.69) is 17.4 Å². The third-order valence-corrected chi connectivity index (χ3v) is 2.39. The maximum absolute atomic E-state index is 11.3. The Hall–Kier alpha value is -1.35. The van der Waals surface area contributed by atoms with E-state index in [1.54, 1.807) is 0 Å². The second-order valence-electron chi connectivity index (χ2n) is 3.77. The first-order valence-corrected chi connectivity index (χ1v) is 5.74. The van der Waals surface area contributed by atoms with E-state index in [9.17, 15) is 4.79 Å². The van der Waals surface area contributed by atoms with Crippen LogP contribution in [0.1, 0.15) is 24.8 Å². The van der Waals surface area contributed by atoms with Crippen LogP contribution in [0.4, 0.5) is 0 Å². The fourth-order valence-electron chi connectivity index (χ4n) is 1.48. The number of benzene rings is 1. The fourth-order valence-corrected chi connectivity index (χ4v) is 1.48. The standard InChI is InChI=1S/C13H19NO2/c15-11-5-4-8-13(16)14-10-9-12-6-2-1-3-7-12/h1-3,6-7,15H,4-5,8-11H2,(H,14,16). The van der Waals surface area contributed by atoms with Crippen molar-refractivity contribution < 1.29 is 9.90 Å². The Kier molecular flexibility index (Phi) is 6.26. The lowest BCUT2D eigenvalue weighted by Gasteiger charge is -2.04. The highest BCUT2D eigenvalue weighted by atomic mass is 16.2. The fraction of sp³-hybridized carbons (Fsp3) is 0.462. The third kappa shape index (κ3) is 5.51. The van der Waals surface area contributed by atoms with E-state index in [0.29, 0.717) is 19.4 Å². The molecule has 1 aromatic rings. The smallest absolute Gasteiger partial charge is 0.220 e. The second-order valence-corrected chi connectivity index (χ2v) is 3.77. The van der Waals surface area contributed by atoms with Crippen LogP contribution in [0.3, 0.4) is 0 Å². The number of nitrogens with one attached hydrogen (secondary N) is 1. The van der Waals surface area contributed by atoms with Crippen LogP contribution in [0.25, 0.3) is 0 Å². The molecule has 0 radical (unpaired) electrons. The van der Waals surface area contributed by atoms with Gasteiger partial charge >= 0.3 is 0 Å². The van der Waals surface area contributed by atoms with Gasteiger partial charge in [0.25, 0.3) is 0 Å². The zero-order valence-electron chi connectivity index (χ0n) is 9.48. The van der Waals surface area contributed by atoms with E-state index < -0.39 is 0 Å². The summed E-state index contributed by atoms with van der Waals surface area (Å²) in [7, 11) is 0. The summed E-state index contributed by atoms with van der Waals surface area (Å²) in [6.07, 6.45) is 2.84. The number of unbranched alkanes of at least 4 members (excludes halogenated alkanes) is 1. The molecule has 0 aromatic heterocycles. The second kappa shape index (κ2) is 7.88. The van der Waals surface area contributed by atoms with Crippen molar-refractivity contribution in [1.82, 2.24) is 5.32 Å². The normalized spacial score (nSPS) is 10.1. The summed E-state index contributed by atoms with van der Waals surface area (Å²) in [5.74, 6) is 0.0735. The first-order chi connectivity index (χ1) is 7.83. The zero-order valence-corrected chi connectivity index (χ0v) is 9.48. The van der Waals surface area contributed by atoms with Crippen LogP contribution in [0.5, 0.6) is 0 Å². The molecule has 0 saturated heterocycles. The van der Waals surface area contributed by atoms with Gasteiger partial charge in [-0.3, -0.25) is 4.79 Å². The molecule has 0 bridgehead atoms. The molecule has 0 heterocycles. The van der Waals surface area contributed by atoms with Crippen LogP contribution in [-0.2, 0) is 11.2 Å². The van der Waals surface area contributed by atoms with E-state index >= 15 is 0 Å². The zero-order chi connectivity index (χ0) is 11.6. The average molecular weight is 221 g/mol. The van der Waals surface area contributed by atoms with Gasteiger partial charge in [0.05, 0.1) is 0 Å². The lowest BCUT2D eigenvalue weighted by atomic mass is 10.1. The summed E-state index contributed by atoms with van der Waals surface area (Å²) < 4.78 is 0. The molecule has 0 spiro atoms. The van der Waals surface area contributed by atoms with Crippen molar-refractivity contribution in [3.8, 4) is 0 Å². The van der Waals surface area contributed by atoms with Crippen molar-refractivity contribution >= 4 is 5.91 Å². The molecule has 2 N–H and O–H groups in total. The number of amides is 1. The van der Waals surface area contributed by atoms with Crippen molar-refractivity contribution in [3.05, 3.63) is 35.9 Å². The molecule has 0 aliphatic heterocycles. The number of aliphatic hydroxyl groups is 1. The minimum atomic E-state index is 0.0735. The van der Waals surface area contributed by atoms with Crippen molar-refractivity contribution in [2.75, 3.05) is 13.2 Å². The molecular formula is C13H19NO2. The Morgan fingerprint density at radius 1 is 1.19 bits per heavy atom. The van der Waals surface area contributed by atoms with Crippen molar-refractivity contribution in [3.63, 3.8) is 0 Å². The van der Waals surface area contributed by atoms with Crippen molar-refractivity contribution in [2.45, 2.75) is 25.7 Å². The van der Waals surface area contributed by atoms with Gasteiger partial charge in [0.1, 0.15) is 0 Å². The number of aliphatic hydroxyl groups excluding tert-OH is 1. The van der Waals surface area contributed by atoms with E-state index in [4.69, 9.17) is 5.11 Å². The summed E-state index contributed by atoms with van der Waals surface area (Å²) in [5.41, 5.74) is 1.23. The topological polar surface area (TPSA) is 49.3 Å². The molecule has 88 valence electrons. The third-order valence-electron chi connectivity index (χ3n) is 2.39. The minimum Gasteiger partial charge on any atom is -0.396 e. The number of carbonyl (C=O) groups is 1. The molecule has 0 aliphatic carbocycles. The number of carbonyl (C=O) groups excluding carboxylic acids is 1. The Morgan fingerprint density at radius 3 is 2.62 bits per heavy atom. The molecule has 0 saturated carbocycles. The lowest BCUT2D eigenvalue weighted by molar-refractivity contribution is -0.121. The van der Waals surface area contributed by atoms with E-state index in [-0.39, 0.29) is 12.5 Å². The maximum Gasteiger partial charge on any atom is 0.220 e. The molecule has 16 heavy (non-hydrogen) atoms. The minimum absolute atomic E-state index is 0.0735. The summed E-state index contributed by atoms with van der Waals surface area (Å²) in [4.78, 5) is 11.3. The highest BCUT2D eigenvalue weighted by Gasteiger charge is 1.99. The van der Waals surface area contributed by atoms with Crippen LogP contribution in [0, 0.1) is 0 Å². The average Bonchev–Trinajstić information content (AvgIpc) is 2.31. The number of hydrogen-bond acceptors (Lipinski definition) is 2. The molecule has 3 nitrogen and oxygen atoms in total. The van der Waals surface area contributed by atoms with Gasteiger partial charge in [-0.2, -0.15) is 0 Å². The highest BCUT2D eigenvalue weighted by Crippen LogP contribution is 1.99. The van der Waals surface area contributed by atoms with E-state index in [1.807, 2.05) is 18.2 Å². The molecule has 0 aliphatic rings. The summed E-state index contributed by atoms with van der Waals surface area (Å²) in [5, 5.41) is 11.4. The van der Waals surface area contributed by atoms with Gasteiger partial charge in [0.2, 0.25) is 5.91 Å². The quantitative estimate of drug-likeness (QED) is 0.686. The molecule has 0 atom stereocenters. The maximum atomic E-state index is 11.3. The first-order valence-electron chi connectivity index (χ1n) is 5.74. The molecule has 1 amide bonds. The lowest BCUT2D eigenvalue weighted by Crippen LogP contribution is -2.25. The number of rotatable bonds is 7. The van der Waals surface area contributed by atoms with Gasteiger partial charge in [-0.05, 0) is 24.8 Å². The van der Waals surface area contributed by atoms with Crippen LogP contribution < -0.4 is 5.32 Å². The Bertz CT molecular complexity index is 298. The van der Waals surface area contributed by atoms with E-state index in [0.717, 1.165) is 12.8 Å². The number of hydrogen-bond donors (Lipinski definition) is 2. The predicted molar refractivity (Wildman–Crippen MR) is 64.1 cm³/mol. The van der Waals surface area contributed by atoms with Gasteiger partial charge in [-0.25, -0.2) is 0 Å². The Morgan fingerprint density at radius 2 is 1.94 bits per heavy atom. The van der Waals surface area contributed by atoms with Crippen molar-refractivity contribution in [1.29, 1.82) is 0 Å². The molecule has 0 unspecified atom stereocenters. The van der Waals surface area contributed by atoms with E-state index in [1.165, 1.54) is 5.56 Å². The summed E-state index contributed by atoms with van der Waals surface area (Å²) >= 11 is 0. The SMILES string of the molecule is O=C(CCCCO)NCCc1ccccc1. The van der Waals surface area contributed by atoms with Gasteiger partial charge < -0.3 is 10.4 Å². The van der Waals surface area contributed by atoms with Gasteiger partial charge in [0, 0.05) is 19.6 Å². The predicted octanol–water partition coefficient (Wildman–Crippen LogP) is 1.51. The van der Waals surface area contributed by atoms with Crippen LogP contribution in [-0.4, -0.2) is 24.2 Å². The summed E-state index contributed by atoms with van der Waals surface area (Å²) in [6.45, 7) is 0.846.